The van der Waals surface area contributed by atoms with E-state index in [0.717, 1.165) is 37.6 Å². The summed E-state index contributed by atoms with van der Waals surface area (Å²) in [6.45, 7) is 2.83. The topological polar surface area (TPSA) is 66.0 Å². The predicted molar refractivity (Wildman–Crippen MR) is 123 cm³/mol. The smallest absolute Gasteiger partial charge is 0.337 e. The summed E-state index contributed by atoms with van der Waals surface area (Å²) in [6.07, 6.45) is 3.31. The van der Waals surface area contributed by atoms with E-state index in [1.54, 1.807) is 12.1 Å². The van der Waals surface area contributed by atoms with Crippen molar-refractivity contribution in [2.45, 2.75) is 25.3 Å². The average molecular weight is 429 g/mol. The van der Waals surface area contributed by atoms with Gasteiger partial charge >= 0.3 is 5.97 Å². The molecule has 2 aromatic rings. The number of hydrogen-bond acceptors (Lipinski definition) is 5. The second kappa shape index (κ2) is 11.1. The molecule has 2 atom stereocenters. The molecule has 1 fully saturated rings. The molecular weight excluding hydrogens is 396 g/mol. The summed E-state index contributed by atoms with van der Waals surface area (Å²) in [5, 5.41) is 9.10. The Morgan fingerprint density at radius 1 is 1.27 bits per heavy atom. The van der Waals surface area contributed by atoms with Crippen molar-refractivity contribution in [1.82, 2.24) is 15.5 Å². The molecule has 6 nitrogen and oxygen atoms in total. The Morgan fingerprint density at radius 3 is 2.73 bits per heavy atom. The van der Waals surface area contributed by atoms with Crippen molar-refractivity contribution in [2.75, 3.05) is 40.8 Å². The maximum absolute atomic E-state index is 11.5. The third-order valence-electron chi connectivity index (χ3n) is 5.68. The van der Waals surface area contributed by atoms with E-state index < -0.39 is 0 Å². The minimum absolute atomic E-state index is 0.307. The highest BCUT2D eigenvalue weighted by Gasteiger charge is 2.31. The number of carbonyl (C=O) groups excluding carboxylic acids is 1. The van der Waals surface area contributed by atoms with E-state index >= 15 is 0 Å². The molecule has 7 heteroatoms. The fourth-order valence-electron chi connectivity index (χ4n) is 4.08. The van der Waals surface area contributed by atoms with Gasteiger partial charge in [-0.1, -0.05) is 18.2 Å². The number of piperidine rings is 1. The molecule has 0 aliphatic carbocycles. The third kappa shape index (κ3) is 5.83. The predicted octanol–water partition coefficient (Wildman–Crippen LogP) is 3.33. The van der Waals surface area contributed by atoms with Crippen molar-refractivity contribution >= 4 is 23.3 Å². The number of esters is 1. The van der Waals surface area contributed by atoms with Crippen LogP contribution in [0, 0.1) is 5.92 Å². The molecule has 2 unspecified atom stereocenters. The number of rotatable bonds is 7. The van der Waals surface area contributed by atoms with Crippen LogP contribution in [-0.4, -0.2) is 57.7 Å². The second-order valence-corrected chi connectivity index (χ2v) is 8.64. The molecule has 0 saturated carbocycles. The summed E-state index contributed by atoms with van der Waals surface area (Å²) < 4.78 is 4.74. The van der Waals surface area contributed by atoms with Crippen molar-refractivity contribution in [3.63, 3.8) is 0 Å². The highest BCUT2D eigenvalue weighted by molar-refractivity contribution is 7.10. The fraction of sp³-hybridized carbons (Fsp3) is 0.478. The average Bonchev–Trinajstić information content (AvgIpc) is 3.30. The second-order valence-electron chi connectivity index (χ2n) is 7.66. The van der Waals surface area contributed by atoms with Crippen LogP contribution in [0.2, 0.25) is 0 Å². The van der Waals surface area contributed by atoms with E-state index in [1.165, 1.54) is 24.8 Å². The summed E-state index contributed by atoms with van der Waals surface area (Å²) in [4.78, 5) is 19.8. The first kappa shape index (κ1) is 22.3. The van der Waals surface area contributed by atoms with Gasteiger partial charge in [0.1, 0.15) is 0 Å². The lowest BCUT2D eigenvalue weighted by molar-refractivity contribution is 0.0600. The highest BCUT2D eigenvalue weighted by Crippen LogP contribution is 2.36. The maximum Gasteiger partial charge on any atom is 0.337 e. The summed E-state index contributed by atoms with van der Waals surface area (Å²) in [6, 6.07) is 12.4. The normalized spacial score (nSPS) is 20.0. The monoisotopic (exact) mass is 428 g/mol. The first-order valence-electron chi connectivity index (χ1n) is 10.5. The number of guanidine groups is 1. The fourth-order valence-corrected chi connectivity index (χ4v) is 5.06. The SMILES string of the molecule is CN=C(NCCc1ccc(C(=O)OC)cc1)NCC1CCCN(C)C1c1cccs1. The molecule has 1 aliphatic rings. The van der Waals surface area contributed by atoms with Crippen LogP contribution < -0.4 is 10.6 Å². The van der Waals surface area contributed by atoms with Gasteiger partial charge in [-0.15, -0.1) is 11.3 Å². The Morgan fingerprint density at radius 2 is 2.07 bits per heavy atom. The van der Waals surface area contributed by atoms with Crippen LogP contribution in [0.25, 0.3) is 0 Å². The minimum atomic E-state index is -0.307. The quantitative estimate of drug-likeness (QED) is 0.402. The van der Waals surface area contributed by atoms with Crippen molar-refractivity contribution in [3.8, 4) is 0 Å². The molecule has 2 heterocycles. The molecule has 0 bridgehead atoms. The van der Waals surface area contributed by atoms with Crippen LogP contribution in [0.5, 0.6) is 0 Å². The molecule has 0 radical (unpaired) electrons. The zero-order valence-corrected chi connectivity index (χ0v) is 18.9. The van der Waals surface area contributed by atoms with Crippen LogP contribution in [0.4, 0.5) is 0 Å². The van der Waals surface area contributed by atoms with Gasteiger partial charge in [-0.25, -0.2) is 4.79 Å². The molecular formula is C23H32N4O2S. The van der Waals surface area contributed by atoms with Crippen molar-refractivity contribution in [1.29, 1.82) is 0 Å². The van der Waals surface area contributed by atoms with Gasteiger partial charge in [-0.2, -0.15) is 0 Å². The molecule has 1 saturated heterocycles. The Hall–Kier alpha value is -2.38. The van der Waals surface area contributed by atoms with Crippen molar-refractivity contribution in [3.05, 3.63) is 57.8 Å². The first-order valence-corrected chi connectivity index (χ1v) is 11.4. The van der Waals surface area contributed by atoms with Gasteiger partial charge in [-0.05, 0) is 67.9 Å². The lowest BCUT2D eigenvalue weighted by Crippen LogP contribution is -2.45. The van der Waals surface area contributed by atoms with Gasteiger partial charge < -0.3 is 15.4 Å². The van der Waals surface area contributed by atoms with E-state index in [2.05, 4.69) is 45.1 Å². The molecule has 3 rings (SSSR count). The summed E-state index contributed by atoms with van der Waals surface area (Å²) in [5.74, 6) is 1.09. The molecule has 1 aromatic carbocycles. The Balaban J connectivity index is 1.48. The summed E-state index contributed by atoms with van der Waals surface area (Å²) in [7, 11) is 5.44. The number of nitrogens with zero attached hydrogens (tertiary/aromatic N) is 2. The molecule has 1 aromatic heterocycles. The van der Waals surface area contributed by atoms with Crippen LogP contribution in [0.3, 0.4) is 0 Å². The van der Waals surface area contributed by atoms with E-state index in [9.17, 15) is 4.79 Å². The lowest BCUT2D eigenvalue weighted by atomic mass is 9.88. The zero-order valence-electron chi connectivity index (χ0n) is 18.1. The highest BCUT2D eigenvalue weighted by atomic mass is 32.1. The minimum Gasteiger partial charge on any atom is -0.465 e. The van der Waals surface area contributed by atoms with Gasteiger partial charge in [0.05, 0.1) is 12.7 Å². The Kier molecular flexibility index (Phi) is 8.28. The molecule has 1 aliphatic heterocycles. The number of hydrogen-bond donors (Lipinski definition) is 2. The number of aliphatic imine (C=N–C) groups is 1. The third-order valence-corrected chi connectivity index (χ3v) is 6.62. The number of carbonyl (C=O) groups is 1. The van der Waals surface area contributed by atoms with Gasteiger partial charge in [0.25, 0.3) is 0 Å². The van der Waals surface area contributed by atoms with E-state index in [-0.39, 0.29) is 5.97 Å². The van der Waals surface area contributed by atoms with Crippen LogP contribution in [0.1, 0.15) is 39.7 Å². The molecule has 30 heavy (non-hydrogen) atoms. The lowest BCUT2D eigenvalue weighted by Gasteiger charge is -2.39. The van der Waals surface area contributed by atoms with Crippen LogP contribution >= 0.6 is 11.3 Å². The van der Waals surface area contributed by atoms with E-state index in [4.69, 9.17) is 4.74 Å². The maximum atomic E-state index is 11.5. The number of nitrogens with one attached hydrogen (secondary N) is 2. The van der Waals surface area contributed by atoms with Gasteiger partial charge in [-0.3, -0.25) is 9.89 Å². The molecule has 162 valence electrons. The Bertz CT molecular complexity index is 820. The number of methoxy groups -OCH3 is 1. The van der Waals surface area contributed by atoms with Gasteiger partial charge in [0.2, 0.25) is 0 Å². The Labute approximate surface area is 183 Å². The largest absolute Gasteiger partial charge is 0.465 e. The molecule has 2 N–H and O–H groups in total. The van der Waals surface area contributed by atoms with Gasteiger partial charge in [0, 0.05) is 31.1 Å². The number of thiophene rings is 1. The van der Waals surface area contributed by atoms with Gasteiger partial charge in [0.15, 0.2) is 5.96 Å². The van der Waals surface area contributed by atoms with Crippen LogP contribution in [0.15, 0.2) is 46.8 Å². The number of benzene rings is 1. The summed E-state index contributed by atoms with van der Waals surface area (Å²) in [5.41, 5.74) is 1.74. The summed E-state index contributed by atoms with van der Waals surface area (Å²) >= 11 is 1.85. The van der Waals surface area contributed by atoms with Crippen LogP contribution in [-0.2, 0) is 11.2 Å². The van der Waals surface area contributed by atoms with E-state index in [1.807, 2.05) is 30.5 Å². The standard InChI is InChI=1S/C23H32N4O2S/c1-24-23(25-13-12-17-8-10-18(11-9-17)22(28)29-3)26-16-19-6-4-14-27(2)21(19)20-7-5-15-30-20/h5,7-11,15,19,21H,4,6,12-14,16H2,1-3H3,(H2,24,25,26). The molecule has 0 amide bonds. The van der Waals surface area contributed by atoms with Crippen molar-refractivity contribution < 1.29 is 9.53 Å². The van der Waals surface area contributed by atoms with E-state index in [0.29, 0.717) is 17.5 Å². The zero-order chi connectivity index (χ0) is 21.3. The van der Waals surface area contributed by atoms with Crippen molar-refractivity contribution in [2.24, 2.45) is 10.9 Å². The molecule has 0 spiro atoms. The first-order chi connectivity index (χ1) is 14.6. The number of ether oxygens (including phenoxy) is 1. The number of likely N-dealkylation sites (tertiary alicyclic amines) is 1.